The van der Waals surface area contributed by atoms with E-state index in [1.807, 2.05) is 26.0 Å². The van der Waals surface area contributed by atoms with Crippen LogP contribution in [0.4, 0.5) is 10.5 Å². The Morgan fingerprint density at radius 1 is 0.821 bits per heavy atom. The van der Waals surface area contributed by atoms with E-state index in [9.17, 15) is 18.9 Å². The van der Waals surface area contributed by atoms with Gasteiger partial charge in [-0.1, -0.05) is 73.7 Å². The van der Waals surface area contributed by atoms with Crippen molar-refractivity contribution in [3.05, 3.63) is 89.0 Å². The number of rotatable bonds is 10. The van der Waals surface area contributed by atoms with E-state index in [0.29, 0.717) is 39.4 Å². The van der Waals surface area contributed by atoms with Crippen LogP contribution in [0.25, 0.3) is 0 Å². The summed E-state index contributed by atoms with van der Waals surface area (Å²) < 4.78 is 25.1. The predicted molar refractivity (Wildman–Crippen MR) is 155 cm³/mol. The highest BCUT2D eigenvalue weighted by Gasteiger charge is 2.38. The fourth-order valence-electron chi connectivity index (χ4n) is 4.27. The smallest absolute Gasteiger partial charge is 0.411 e. The van der Waals surface area contributed by atoms with Crippen LogP contribution in [0.1, 0.15) is 54.2 Å². The molecule has 39 heavy (non-hydrogen) atoms. The molecule has 8 heteroatoms. The Morgan fingerprint density at radius 3 is 1.85 bits per heavy atom. The number of ether oxygens (including phenoxy) is 2. The second kappa shape index (κ2) is 12.4. The maximum Gasteiger partial charge on any atom is 0.411 e. The molecule has 0 fully saturated rings. The van der Waals surface area contributed by atoms with Crippen LogP contribution in [-0.4, -0.2) is 30.8 Å². The summed E-state index contributed by atoms with van der Waals surface area (Å²) >= 11 is 0. The van der Waals surface area contributed by atoms with Gasteiger partial charge in [0.2, 0.25) is 12.7 Å². The Kier molecular flexibility index (Phi) is 9.52. The SMILES string of the molecule is CCC(C)(C)C(=O)OCCOC(=O)Nc1c(C)cc(C)c(C(=O)P(=O)(c2ccccc2)c2ccccc2)c1C. The molecule has 0 unspecified atom stereocenters. The molecular weight excluding hydrogens is 513 g/mol. The Hall–Kier alpha value is -3.70. The van der Waals surface area contributed by atoms with Gasteiger partial charge in [0.1, 0.15) is 13.2 Å². The van der Waals surface area contributed by atoms with E-state index in [1.165, 1.54) is 0 Å². The molecule has 0 aliphatic heterocycles. The zero-order chi connectivity index (χ0) is 28.8. The van der Waals surface area contributed by atoms with Gasteiger partial charge in [0, 0.05) is 16.2 Å². The number of esters is 1. The molecule has 0 spiro atoms. The third-order valence-corrected chi connectivity index (χ3v) is 9.77. The lowest BCUT2D eigenvalue weighted by Crippen LogP contribution is -2.27. The van der Waals surface area contributed by atoms with Crippen molar-refractivity contribution < 1.29 is 28.4 Å². The van der Waals surface area contributed by atoms with E-state index in [1.54, 1.807) is 82.3 Å². The van der Waals surface area contributed by atoms with Crippen molar-refractivity contribution in [2.24, 2.45) is 5.41 Å². The summed E-state index contributed by atoms with van der Waals surface area (Å²) in [7, 11) is -3.74. The van der Waals surface area contributed by atoms with Crippen molar-refractivity contribution in [3.63, 3.8) is 0 Å². The van der Waals surface area contributed by atoms with Crippen LogP contribution in [0.15, 0.2) is 66.7 Å². The van der Waals surface area contributed by atoms with Crippen LogP contribution in [-0.2, 0) is 18.8 Å². The topological polar surface area (TPSA) is 98.8 Å². The molecule has 0 atom stereocenters. The second-order valence-electron chi connectivity index (χ2n) is 10.1. The number of hydrogen-bond acceptors (Lipinski definition) is 6. The van der Waals surface area contributed by atoms with Crippen LogP contribution >= 0.6 is 7.14 Å². The van der Waals surface area contributed by atoms with Gasteiger partial charge in [-0.05, 0) is 57.7 Å². The fraction of sp³-hybridized carbons (Fsp3) is 0.323. The molecule has 3 aromatic rings. The molecule has 1 amide bonds. The van der Waals surface area contributed by atoms with E-state index in [0.717, 1.165) is 5.56 Å². The van der Waals surface area contributed by atoms with Crippen LogP contribution in [0.2, 0.25) is 0 Å². The van der Waals surface area contributed by atoms with Crippen LogP contribution < -0.4 is 15.9 Å². The molecule has 0 saturated heterocycles. The first-order valence-electron chi connectivity index (χ1n) is 12.9. The molecule has 1 N–H and O–H groups in total. The average Bonchev–Trinajstić information content (AvgIpc) is 2.93. The molecule has 0 radical (unpaired) electrons. The van der Waals surface area contributed by atoms with Gasteiger partial charge in [0.25, 0.3) is 0 Å². The van der Waals surface area contributed by atoms with Gasteiger partial charge in [-0.15, -0.1) is 0 Å². The number of aryl methyl sites for hydroxylation is 2. The minimum atomic E-state index is -3.74. The van der Waals surface area contributed by atoms with Gasteiger partial charge in [-0.3, -0.25) is 14.9 Å². The van der Waals surface area contributed by atoms with E-state index in [2.05, 4.69) is 5.32 Å². The first kappa shape index (κ1) is 29.9. The number of anilines is 1. The monoisotopic (exact) mass is 549 g/mol. The Morgan fingerprint density at radius 2 is 1.33 bits per heavy atom. The Balaban J connectivity index is 1.88. The van der Waals surface area contributed by atoms with Crippen molar-refractivity contribution in [3.8, 4) is 0 Å². The normalized spacial score (nSPS) is 11.5. The quantitative estimate of drug-likeness (QED) is 0.181. The van der Waals surface area contributed by atoms with Crippen LogP contribution in [0.5, 0.6) is 0 Å². The maximum absolute atomic E-state index is 14.7. The number of benzene rings is 3. The third kappa shape index (κ3) is 6.48. The third-order valence-electron chi connectivity index (χ3n) is 6.92. The van der Waals surface area contributed by atoms with Crippen molar-refractivity contribution >= 4 is 41.0 Å². The molecule has 0 bridgehead atoms. The highest BCUT2D eigenvalue weighted by molar-refractivity contribution is 7.93. The molecule has 3 aromatic carbocycles. The maximum atomic E-state index is 14.7. The molecule has 206 valence electrons. The summed E-state index contributed by atoms with van der Waals surface area (Å²) in [6.45, 7) is 10.6. The van der Waals surface area contributed by atoms with Gasteiger partial charge in [0.15, 0.2) is 0 Å². The van der Waals surface area contributed by atoms with Gasteiger partial charge < -0.3 is 14.0 Å². The lowest BCUT2D eigenvalue weighted by Gasteiger charge is -2.23. The molecule has 0 heterocycles. The van der Waals surface area contributed by atoms with Crippen molar-refractivity contribution in [1.82, 2.24) is 0 Å². The van der Waals surface area contributed by atoms with Crippen molar-refractivity contribution in [1.29, 1.82) is 0 Å². The summed E-state index contributed by atoms with van der Waals surface area (Å²) in [4.78, 5) is 38.9. The summed E-state index contributed by atoms with van der Waals surface area (Å²) in [6, 6.07) is 19.3. The highest BCUT2D eigenvalue weighted by atomic mass is 31.2. The van der Waals surface area contributed by atoms with Gasteiger partial charge in [-0.25, -0.2) is 4.79 Å². The largest absolute Gasteiger partial charge is 0.462 e. The standard InChI is InChI=1S/C31H36NO6P/c1-7-31(5,6)29(34)37-18-19-38-30(35)32-27-22(3)20-21(2)26(23(27)4)28(33)39(36,24-14-10-8-11-15-24)25-16-12-9-13-17-25/h8-17,20H,7,18-19H2,1-6H3,(H,32,35). The van der Waals surface area contributed by atoms with E-state index >= 15 is 0 Å². The molecular formula is C31H36NO6P. The first-order valence-corrected chi connectivity index (χ1v) is 14.6. The zero-order valence-corrected chi connectivity index (χ0v) is 24.3. The summed E-state index contributed by atoms with van der Waals surface area (Å²) in [5.74, 6) is -0.358. The van der Waals surface area contributed by atoms with Crippen LogP contribution in [0.3, 0.4) is 0 Å². The van der Waals surface area contributed by atoms with Crippen molar-refractivity contribution in [2.45, 2.75) is 48.0 Å². The fourth-order valence-corrected chi connectivity index (χ4v) is 6.88. The molecule has 0 aromatic heterocycles. The minimum absolute atomic E-state index is 0.0669. The summed E-state index contributed by atoms with van der Waals surface area (Å²) in [5.41, 5.74) is 1.47. The van der Waals surface area contributed by atoms with E-state index in [-0.39, 0.29) is 19.2 Å². The summed E-state index contributed by atoms with van der Waals surface area (Å²) in [5, 5.41) is 3.60. The molecule has 0 saturated carbocycles. The number of hydrogen-bond donors (Lipinski definition) is 1. The number of carbonyl (C=O) groups excluding carboxylic acids is 3. The van der Waals surface area contributed by atoms with Crippen molar-refractivity contribution in [2.75, 3.05) is 18.5 Å². The van der Waals surface area contributed by atoms with E-state index < -0.39 is 24.2 Å². The zero-order valence-electron chi connectivity index (χ0n) is 23.4. The average molecular weight is 550 g/mol. The lowest BCUT2D eigenvalue weighted by atomic mass is 9.91. The predicted octanol–water partition coefficient (Wildman–Crippen LogP) is 6.29. The number of nitrogens with one attached hydrogen (secondary N) is 1. The molecule has 0 aliphatic carbocycles. The number of carbonyl (C=O) groups is 3. The number of amides is 1. The van der Waals surface area contributed by atoms with E-state index in [4.69, 9.17) is 9.47 Å². The van der Waals surface area contributed by atoms with Gasteiger partial charge in [0.05, 0.1) is 11.1 Å². The second-order valence-corrected chi connectivity index (χ2v) is 12.8. The highest BCUT2D eigenvalue weighted by Crippen LogP contribution is 2.48. The Labute approximate surface area is 230 Å². The molecule has 7 nitrogen and oxygen atoms in total. The Bertz CT molecular complexity index is 1360. The molecule has 3 rings (SSSR count). The molecule has 0 aliphatic rings. The van der Waals surface area contributed by atoms with Gasteiger partial charge >= 0.3 is 12.1 Å². The summed E-state index contributed by atoms with van der Waals surface area (Å²) in [6.07, 6.45) is -0.120. The van der Waals surface area contributed by atoms with Gasteiger partial charge in [-0.2, -0.15) is 0 Å². The van der Waals surface area contributed by atoms with Crippen LogP contribution in [0, 0.1) is 26.2 Å². The minimum Gasteiger partial charge on any atom is -0.462 e. The lowest BCUT2D eigenvalue weighted by molar-refractivity contribution is -0.155. The first-order chi connectivity index (χ1) is 18.4.